The minimum atomic E-state index is -1.09. The SMILES string of the molecule is O=CC1=C[N+](c2ccc([N+](=O)[O-])cc2)(c2ccc([N+](=O)[O-])cc2)NC1(c1ccccc1)c1ccccc1. The first kappa shape index (κ1) is 23.7. The van der Waals surface area contributed by atoms with Gasteiger partial charge in [0.2, 0.25) is 0 Å². The lowest BCUT2D eigenvalue weighted by molar-refractivity contribution is -0.385. The molecule has 0 amide bonds. The van der Waals surface area contributed by atoms with Gasteiger partial charge in [0.1, 0.15) is 6.20 Å². The molecule has 0 radical (unpaired) electrons. The Bertz CT molecular complexity index is 1410. The van der Waals surface area contributed by atoms with Crippen LogP contribution in [0.4, 0.5) is 22.7 Å². The summed E-state index contributed by atoms with van der Waals surface area (Å²) in [5.41, 5.74) is 5.59. The second kappa shape index (κ2) is 9.23. The Morgan fingerprint density at radius 3 is 1.41 bits per heavy atom. The van der Waals surface area contributed by atoms with Crippen molar-refractivity contribution in [1.82, 2.24) is 10.0 Å². The zero-order valence-electron chi connectivity index (χ0n) is 19.4. The number of aldehydes is 1. The largest absolute Gasteiger partial charge is 0.298 e. The Hall–Kier alpha value is -4.99. The monoisotopic (exact) mass is 493 g/mol. The lowest BCUT2D eigenvalue weighted by Crippen LogP contribution is -2.56. The molecule has 9 heteroatoms. The highest BCUT2D eigenvalue weighted by molar-refractivity contribution is 5.84. The van der Waals surface area contributed by atoms with E-state index in [1.165, 1.54) is 24.3 Å². The van der Waals surface area contributed by atoms with Crippen LogP contribution in [0.3, 0.4) is 0 Å². The topological polar surface area (TPSA) is 115 Å². The smallest absolute Gasteiger partial charge is 0.269 e. The third-order valence-corrected chi connectivity index (χ3v) is 6.59. The van der Waals surface area contributed by atoms with Crippen molar-refractivity contribution >= 4 is 29.0 Å². The molecule has 0 unspecified atom stereocenters. The average molecular weight is 493 g/mol. The first-order valence-corrected chi connectivity index (χ1v) is 11.4. The Balaban J connectivity index is 1.80. The molecule has 0 aliphatic carbocycles. The molecule has 4 aromatic carbocycles. The fourth-order valence-electron chi connectivity index (χ4n) is 4.84. The van der Waals surface area contributed by atoms with E-state index >= 15 is 0 Å². The van der Waals surface area contributed by atoms with Gasteiger partial charge in [0.25, 0.3) is 11.4 Å². The van der Waals surface area contributed by atoms with Gasteiger partial charge in [0.15, 0.2) is 23.2 Å². The van der Waals surface area contributed by atoms with Gasteiger partial charge in [0.05, 0.1) is 15.4 Å². The number of hydrogen-bond donors (Lipinski definition) is 1. The van der Waals surface area contributed by atoms with Crippen LogP contribution in [0.2, 0.25) is 0 Å². The van der Waals surface area contributed by atoms with E-state index in [2.05, 4.69) is 5.43 Å². The zero-order chi connectivity index (χ0) is 26.0. The van der Waals surface area contributed by atoms with Crippen molar-refractivity contribution in [3.8, 4) is 0 Å². The number of rotatable bonds is 7. The third-order valence-electron chi connectivity index (χ3n) is 6.59. The van der Waals surface area contributed by atoms with Crippen LogP contribution in [-0.4, -0.2) is 16.1 Å². The molecule has 1 aliphatic heterocycles. The lowest BCUT2D eigenvalue weighted by atomic mass is 9.79. The first-order chi connectivity index (χ1) is 17.9. The van der Waals surface area contributed by atoms with Gasteiger partial charge in [-0.05, 0) is 11.1 Å². The number of nitro benzene ring substituents is 2. The molecule has 0 aromatic heterocycles. The van der Waals surface area contributed by atoms with Crippen LogP contribution in [-0.2, 0) is 10.3 Å². The number of nitrogens with zero attached hydrogens (tertiary/aromatic N) is 3. The van der Waals surface area contributed by atoms with E-state index in [1.807, 2.05) is 60.7 Å². The van der Waals surface area contributed by atoms with Crippen molar-refractivity contribution in [1.29, 1.82) is 0 Å². The molecule has 0 bridgehead atoms. The fourth-order valence-corrected chi connectivity index (χ4v) is 4.84. The molecule has 0 spiro atoms. The molecular weight excluding hydrogens is 472 g/mol. The van der Waals surface area contributed by atoms with Crippen molar-refractivity contribution < 1.29 is 14.6 Å². The van der Waals surface area contributed by atoms with Crippen molar-refractivity contribution in [2.45, 2.75) is 5.54 Å². The summed E-state index contributed by atoms with van der Waals surface area (Å²) in [5, 5.41) is 22.6. The molecule has 1 N–H and O–H groups in total. The summed E-state index contributed by atoms with van der Waals surface area (Å²) in [6, 6.07) is 31.0. The number of quaternary nitrogens is 1. The van der Waals surface area contributed by atoms with E-state index in [0.29, 0.717) is 16.9 Å². The Morgan fingerprint density at radius 1 is 0.649 bits per heavy atom. The highest BCUT2D eigenvalue weighted by Gasteiger charge is 2.54. The van der Waals surface area contributed by atoms with Crippen LogP contribution >= 0.6 is 0 Å². The van der Waals surface area contributed by atoms with E-state index in [1.54, 1.807) is 30.5 Å². The molecule has 0 saturated heterocycles. The number of nitro groups is 2. The lowest BCUT2D eigenvalue weighted by Gasteiger charge is -2.37. The van der Waals surface area contributed by atoms with E-state index < -0.39 is 15.4 Å². The van der Waals surface area contributed by atoms with E-state index in [4.69, 9.17) is 0 Å². The fraction of sp³-hybridized carbons (Fsp3) is 0.0357. The molecule has 182 valence electrons. The number of carbonyl (C=O) groups is 1. The van der Waals surface area contributed by atoms with E-state index in [-0.39, 0.29) is 16.0 Å². The van der Waals surface area contributed by atoms with Gasteiger partial charge in [0, 0.05) is 48.5 Å². The number of hydrogen-bond acceptors (Lipinski definition) is 6. The normalized spacial score (nSPS) is 15.5. The van der Waals surface area contributed by atoms with Crippen LogP contribution in [0.5, 0.6) is 0 Å². The predicted octanol–water partition coefficient (Wildman–Crippen LogP) is 5.69. The van der Waals surface area contributed by atoms with Crippen LogP contribution in [0.15, 0.2) is 121 Å². The molecule has 1 heterocycles. The van der Waals surface area contributed by atoms with E-state index in [9.17, 15) is 25.0 Å². The molecule has 0 saturated carbocycles. The summed E-state index contributed by atoms with van der Waals surface area (Å²) in [5.74, 6) is 0. The molecule has 37 heavy (non-hydrogen) atoms. The summed E-state index contributed by atoms with van der Waals surface area (Å²) in [6.07, 6.45) is 2.54. The molecular formula is C28H21N4O5+. The third kappa shape index (κ3) is 3.88. The van der Waals surface area contributed by atoms with Crippen molar-refractivity contribution in [2.24, 2.45) is 0 Å². The Labute approximate surface area is 211 Å². The van der Waals surface area contributed by atoms with Gasteiger partial charge in [-0.25, -0.2) is 0 Å². The second-order valence-electron chi connectivity index (χ2n) is 8.57. The molecule has 0 atom stereocenters. The van der Waals surface area contributed by atoms with Crippen molar-refractivity contribution in [3.63, 3.8) is 0 Å². The van der Waals surface area contributed by atoms with Crippen LogP contribution in [0.25, 0.3) is 0 Å². The first-order valence-electron chi connectivity index (χ1n) is 11.4. The van der Waals surface area contributed by atoms with Gasteiger partial charge in [-0.3, -0.25) is 25.0 Å². The van der Waals surface area contributed by atoms with Crippen LogP contribution in [0, 0.1) is 20.2 Å². The summed E-state index contributed by atoms with van der Waals surface area (Å²) >= 11 is 0. The molecule has 9 nitrogen and oxygen atoms in total. The van der Waals surface area contributed by atoms with Gasteiger partial charge in [-0.15, -0.1) is 5.43 Å². The minimum Gasteiger partial charge on any atom is -0.298 e. The summed E-state index contributed by atoms with van der Waals surface area (Å²) in [4.78, 5) is 34.4. The number of non-ortho nitro benzene ring substituents is 2. The van der Waals surface area contributed by atoms with Crippen LogP contribution in [0.1, 0.15) is 11.1 Å². The quantitative estimate of drug-likeness (QED) is 0.153. The van der Waals surface area contributed by atoms with Gasteiger partial charge < -0.3 is 0 Å². The summed E-state index contributed by atoms with van der Waals surface area (Å²) in [6.45, 7) is 0. The Kier molecular flexibility index (Phi) is 5.92. The molecule has 4 aromatic rings. The van der Waals surface area contributed by atoms with Gasteiger partial charge in [-0.2, -0.15) is 4.59 Å². The minimum absolute atomic E-state index is 0.0817. The summed E-state index contributed by atoms with van der Waals surface area (Å²) in [7, 11) is 0. The van der Waals surface area contributed by atoms with Crippen molar-refractivity contribution in [3.05, 3.63) is 152 Å². The maximum absolute atomic E-state index is 12.7. The molecule has 0 fully saturated rings. The molecule has 5 rings (SSSR count). The number of benzene rings is 4. The van der Waals surface area contributed by atoms with Gasteiger partial charge >= 0.3 is 0 Å². The Morgan fingerprint density at radius 2 is 1.05 bits per heavy atom. The van der Waals surface area contributed by atoms with Crippen molar-refractivity contribution in [2.75, 3.05) is 0 Å². The highest BCUT2D eigenvalue weighted by Crippen LogP contribution is 2.48. The van der Waals surface area contributed by atoms with E-state index in [0.717, 1.165) is 17.4 Å². The second-order valence-corrected chi connectivity index (χ2v) is 8.57. The predicted molar refractivity (Wildman–Crippen MR) is 139 cm³/mol. The maximum Gasteiger partial charge on any atom is 0.269 e. The highest BCUT2D eigenvalue weighted by atomic mass is 16.6. The van der Waals surface area contributed by atoms with Crippen LogP contribution < -0.4 is 10.0 Å². The number of carbonyl (C=O) groups excluding carboxylic acids is 1. The maximum atomic E-state index is 12.7. The average Bonchev–Trinajstić information content (AvgIpc) is 3.32. The zero-order valence-corrected chi connectivity index (χ0v) is 19.4. The number of nitrogens with one attached hydrogen (secondary N) is 1. The van der Waals surface area contributed by atoms with Gasteiger partial charge in [-0.1, -0.05) is 60.7 Å². The summed E-state index contributed by atoms with van der Waals surface area (Å²) < 4.78 is -0.214. The standard InChI is InChI=1S/C28H21N4O5/c33-20-23-19-32(26-15-11-24(12-16-26)30(34)35,27-17-13-25(14-18-27)31(36)37)29-28(23,21-7-3-1-4-8-21)22-9-5-2-6-10-22/h1-20,29H/q+1. The molecule has 1 aliphatic rings.